The number of nitrogens with zero attached hydrogens (tertiary/aromatic N) is 7. The summed E-state index contributed by atoms with van der Waals surface area (Å²) >= 11 is 0. The van der Waals surface area contributed by atoms with Crippen molar-refractivity contribution < 1.29 is 43.0 Å². The number of unbranched alkanes of at least 4 members (excludes halogenated alkanes) is 5. The zero-order chi connectivity index (χ0) is 52.7. The summed E-state index contributed by atoms with van der Waals surface area (Å²) in [7, 11) is 0. The first-order valence-electron chi connectivity index (χ1n) is 27.0. The molecule has 8 rings (SSSR count). The molecule has 2 saturated heterocycles. The fourth-order valence-corrected chi connectivity index (χ4v) is 10.4. The van der Waals surface area contributed by atoms with Crippen LogP contribution in [0, 0.1) is 6.92 Å². The third kappa shape index (κ3) is 13.8. The van der Waals surface area contributed by atoms with Crippen LogP contribution in [-0.4, -0.2) is 143 Å². The maximum Gasteiger partial charge on any atom is 0.264 e. The lowest BCUT2D eigenvalue weighted by molar-refractivity contribution is -0.136. The maximum absolute atomic E-state index is 13.6. The Morgan fingerprint density at radius 1 is 0.747 bits per heavy atom. The van der Waals surface area contributed by atoms with Gasteiger partial charge < -0.3 is 34.6 Å². The molecular weight excluding hydrogens is 961 g/mol. The van der Waals surface area contributed by atoms with Crippen LogP contribution < -0.4 is 26.4 Å². The molecule has 1 aliphatic carbocycles. The Hall–Kier alpha value is -6.64. The molecule has 75 heavy (non-hydrogen) atoms. The van der Waals surface area contributed by atoms with E-state index in [1.807, 2.05) is 23.2 Å². The van der Waals surface area contributed by atoms with Crippen molar-refractivity contribution in [3.05, 3.63) is 75.3 Å². The molecule has 1 saturated carbocycles. The number of piperazine rings is 1. The Labute approximate surface area is 437 Å². The van der Waals surface area contributed by atoms with E-state index in [2.05, 4.69) is 30.8 Å². The van der Waals surface area contributed by atoms with Gasteiger partial charge in [-0.05, 0) is 114 Å². The van der Waals surface area contributed by atoms with E-state index in [1.54, 1.807) is 35.9 Å². The molecular formula is C55H72N10O10. The summed E-state index contributed by atoms with van der Waals surface area (Å²) in [6.45, 7) is 10.7. The molecule has 20 heteroatoms. The Kier molecular flexibility index (Phi) is 19.5. The van der Waals surface area contributed by atoms with Gasteiger partial charge in [-0.3, -0.25) is 48.3 Å². The van der Waals surface area contributed by atoms with Crippen LogP contribution >= 0.6 is 0 Å². The first-order chi connectivity index (χ1) is 36.5. The van der Waals surface area contributed by atoms with E-state index in [1.165, 1.54) is 6.92 Å². The zero-order valence-electron chi connectivity index (χ0n) is 43.5. The largest absolute Gasteiger partial charge is 0.384 e. The normalized spacial score (nSPS) is 17.0. The number of pyridine rings is 2. The van der Waals surface area contributed by atoms with E-state index in [-0.39, 0.29) is 52.8 Å². The van der Waals surface area contributed by atoms with Gasteiger partial charge in [0.1, 0.15) is 17.5 Å². The van der Waals surface area contributed by atoms with E-state index >= 15 is 0 Å². The number of rotatable bonds is 28. The van der Waals surface area contributed by atoms with Crippen LogP contribution in [0.25, 0.3) is 11.0 Å². The van der Waals surface area contributed by atoms with Gasteiger partial charge in [-0.2, -0.15) is 4.98 Å². The van der Waals surface area contributed by atoms with Crippen molar-refractivity contribution in [1.82, 2.24) is 34.6 Å². The summed E-state index contributed by atoms with van der Waals surface area (Å²) in [4.78, 5) is 108. The quantitative estimate of drug-likeness (QED) is 0.0306. The van der Waals surface area contributed by atoms with Crippen molar-refractivity contribution in [2.24, 2.45) is 0 Å². The summed E-state index contributed by atoms with van der Waals surface area (Å²) in [6.07, 6.45) is 16.1. The minimum atomic E-state index is -0.992. The first kappa shape index (κ1) is 54.6. The number of benzene rings is 1. The van der Waals surface area contributed by atoms with Crippen LogP contribution in [0.1, 0.15) is 152 Å². The molecule has 4 aliphatic rings. The number of amides is 5. The second-order valence-electron chi connectivity index (χ2n) is 19.9. The third-order valence-electron chi connectivity index (χ3n) is 14.6. The highest BCUT2D eigenvalue weighted by atomic mass is 16.5. The number of anilines is 4. The molecule has 3 fully saturated rings. The topological polar surface area (TPSA) is 237 Å². The summed E-state index contributed by atoms with van der Waals surface area (Å²) in [5.74, 6) is -1.23. The SMILES string of the molecule is CC(=O)c1c(C)c2cnc(Nc3ccc(N4CCN(C(=O)CCCCCOCCCCOCCCCOCCCCNc5cccc6c5C(=O)N(C5CCC(=O)NC5=O)C6=O)CC4)cn3)nc2n(C2CCCC2)c1=O. The standard InChI is InChI=1S/C55H72N10O10/c1-37-42-36-58-55(61-50(42)64(39-15-5-6-16-39)53(71)48(37)38(2)66)59-45-22-20-40(35-57-45)62-25-27-63(28-26-62)47(68)19-4-3-8-29-73-31-10-12-33-75-34-13-11-32-74-30-9-7-24-56-43-18-14-17-41-49(43)54(72)65(52(41)70)44-21-23-46(67)60-51(44)69/h14,17-18,20,22,35-36,39,44,56H,3-13,15-16,19,21,23-34H2,1-2H3,(H,60,67,69)(H,57,58,59,61). The summed E-state index contributed by atoms with van der Waals surface area (Å²) in [5, 5.41) is 9.38. The number of ether oxygens (including phenoxy) is 3. The van der Waals surface area contributed by atoms with Gasteiger partial charge in [0.05, 0.1) is 28.6 Å². The van der Waals surface area contributed by atoms with Gasteiger partial charge in [0, 0.05) is 109 Å². The van der Waals surface area contributed by atoms with Crippen LogP contribution in [0.3, 0.4) is 0 Å². The van der Waals surface area contributed by atoms with Crippen molar-refractivity contribution in [1.29, 1.82) is 0 Å². The van der Waals surface area contributed by atoms with Gasteiger partial charge in [0.2, 0.25) is 23.7 Å². The third-order valence-corrected chi connectivity index (χ3v) is 14.6. The van der Waals surface area contributed by atoms with Gasteiger partial charge in [-0.15, -0.1) is 0 Å². The first-order valence-corrected chi connectivity index (χ1v) is 27.0. The monoisotopic (exact) mass is 1030 g/mol. The molecule has 0 radical (unpaired) electrons. The van der Waals surface area contributed by atoms with Crippen LogP contribution in [0.5, 0.6) is 0 Å². The number of hydrogen-bond donors (Lipinski definition) is 3. The highest BCUT2D eigenvalue weighted by Crippen LogP contribution is 2.34. The van der Waals surface area contributed by atoms with Crippen molar-refractivity contribution in [3.63, 3.8) is 0 Å². The molecule has 0 bridgehead atoms. The Balaban J connectivity index is 0.602. The van der Waals surface area contributed by atoms with Gasteiger partial charge in [0.15, 0.2) is 5.78 Å². The second kappa shape index (κ2) is 26.7. The Bertz CT molecular complexity index is 2730. The van der Waals surface area contributed by atoms with Crippen molar-refractivity contribution in [3.8, 4) is 0 Å². The average molecular weight is 1030 g/mol. The number of carbonyl (C=O) groups excluding carboxylic acids is 6. The molecule has 1 atom stereocenters. The fourth-order valence-electron chi connectivity index (χ4n) is 10.4. The number of ketones is 1. The molecule has 3 aromatic heterocycles. The van der Waals surface area contributed by atoms with Crippen LogP contribution in [0.4, 0.5) is 23.1 Å². The molecule has 1 unspecified atom stereocenters. The lowest BCUT2D eigenvalue weighted by Gasteiger charge is -2.36. The summed E-state index contributed by atoms with van der Waals surface area (Å²) in [6, 6.07) is 7.93. The Morgan fingerprint density at radius 3 is 2.05 bits per heavy atom. The molecule has 0 spiro atoms. The van der Waals surface area contributed by atoms with Crippen molar-refractivity contribution in [2.45, 2.75) is 129 Å². The average Bonchev–Trinajstić information content (AvgIpc) is 4.05. The van der Waals surface area contributed by atoms with E-state index in [9.17, 15) is 33.6 Å². The van der Waals surface area contributed by atoms with E-state index in [0.717, 1.165) is 107 Å². The molecule has 3 N–H and O–H groups in total. The number of carbonyl (C=O) groups is 6. The van der Waals surface area contributed by atoms with Gasteiger partial charge in [0.25, 0.3) is 17.4 Å². The molecule has 6 heterocycles. The highest BCUT2D eigenvalue weighted by molar-refractivity contribution is 6.25. The highest BCUT2D eigenvalue weighted by Gasteiger charge is 2.45. The Morgan fingerprint density at radius 2 is 1.41 bits per heavy atom. The predicted molar refractivity (Wildman–Crippen MR) is 283 cm³/mol. The smallest absolute Gasteiger partial charge is 0.264 e. The number of aryl methyl sites for hydroxylation is 1. The molecule has 1 aromatic carbocycles. The second-order valence-corrected chi connectivity index (χ2v) is 19.9. The van der Waals surface area contributed by atoms with Crippen LogP contribution in [0.2, 0.25) is 0 Å². The number of aromatic nitrogens is 4. The van der Waals surface area contributed by atoms with Crippen molar-refractivity contribution in [2.75, 3.05) is 87.9 Å². The van der Waals surface area contributed by atoms with Gasteiger partial charge in [-0.25, -0.2) is 9.97 Å². The maximum atomic E-state index is 13.6. The molecule has 4 aromatic rings. The molecule has 402 valence electrons. The lowest BCUT2D eigenvalue weighted by atomic mass is 10.0. The van der Waals surface area contributed by atoms with Crippen LogP contribution in [-0.2, 0) is 28.6 Å². The fraction of sp³-hybridized carbons (Fsp3) is 0.564. The van der Waals surface area contributed by atoms with Crippen LogP contribution in [0.15, 0.2) is 47.5 Å². The number of imide groups is 2. The lowest BCUT2D eigenvalue weighted by Crippen LogP contribution is -2.54. The number of piperidine rings is 1. The van der Waals surface area contributed by atoms with Crippen molar-refractivity contribution >= 4 is 69.5 Å². The molecule has 5 amide bonds. The van der Waals surface area contributed by atoms with Gasteiger partial charge >= 0.3 is 0 Å². The number of nitrogens with one attached hydrogen (secondary N) is 3. The number of fused-ring (bicyclic) bond motifs is 2. The molecule has 20 nitrogen and oxygen atoms in total. The number of Topliss-reactive ketones (excluding diaryl/α,β-unsaturated/α-hetero) is 1. The van der Waals surface area contributed by atoms with E-state index < -0.39 is 29.7 Å². The predicted octanol–water partition coefficient (Wildman–Crippen LogP) is 6.67. The zero-order valence-corrected chi connectivity index (χ0v) is 43.5. The van der Waals surface area contributed by atoms with E-state index in [0.29, 0.717) is 99.7 Å². The number of hydrogen-bond acceptors (Lipinski definition) is 16. The summed E-state index contributed by atoms with van der Waals surface area (Å²) < 4.78 is 19.1. The summed E-state index contributed by atoms with van der Waals surface area (Å²) in [5.41, 5.74) is 3.11. The minimum absolute atomic E-state index is 0.000799. The molecule has 3 aliphatic heterocycles. The minimum Gasteiger partial charge on any atom is -0.384 e. The van der Waals surface area contributed by atoms with E-state index in [4.69, 9.17) is 19.2 Å². The van der Waals surface area contributed by atoms with Gasteiger partial charge in [-0.1, -0.05) is 25.3 Å².